The largest absolute Gasteiger partial charge is 0.295 e. The normalized spacial score (nSPS) is 25.6. The molecule has 0 heterocycles. The molecule has 9 heavy (non-hydrogen) atoms. The van der Waals surface area contributed by atoms with Gasteiger partial charge in [0.25, 0.3) is 0 Å². The van der Waals surface area contributed by atoms with Gasteiger partial charge in [0.2, 0.25) is 0 Å². The van der Waals surface area contributed by atoms with Gasteiger partial charge in [0.05, 0.1) is 5.92 Å². The first-order valence-electron chi connectivity index (χ1n) is 2.60. The molecular formula is C7H5FO. The third-order valence-corrected chi connectivity index (χ3v) is 1.24. The summed E-state index contributed by atoms with van der Waals surface area (Å²) in [7, 11) is 0. The second kappa shape index (κ2) is 2.02. The van der Waals surface area contributed by atoms with E-state index < -0.39 is 11.7 Å². The van der Waals surface area contributed by atoms with Crippen LogP contribution in [0.25, 0.3) is 0 Å². The van der Waals surface area contributed by atoms with E-state index in [1.165, 1.54) is 0 Å². The highest BCUT2D eigenvalue weighted by Crippen LogP contribution is 2.22. The molecule has 46 valence electrons. The van der Waals surface area contributed by atoms with Crippen LogP contribution in [0.1, 0.15) is 6.42 Å². The highest BCUT2D eigenvalue weighted by Gasteiger charge is 2.22. The molecule has 0 aromatic rings. The molecule has 2 heteroatoms. The summed E-state index contributed by atoms with van der Waals surface area (Å²) in [5.74, 6) is 0.912. The lowest BCUT2D eigenvalue weighted by Crippen LogP contribution is -1.93. The number of carbonyl (C=O) groups is 1. The van der Waals surface area contributed by atoms with E-state index in [-0.39, 0.29) is 12.2 Å². The Bertz CT molecular complexity index is 209. The maximum Gasteiger partial charge on any atom is 0.159 e. The molecule has 1 aliphatic rings. The molecule has 0 aromatic carbocycles. The summed E-state index contributed by atoms with van der Waals surface area (Å²) < 4.78 is 12.3. The van der Waals surface area contributed by atoms with Gasteiger partial charge >= 0.3 is 0 Å². The van der Waals surface area contributed by atoms with Crippen LogP contribution in [0.3, 0.4) is 0 Å². The fourth-order valence-electron chi connectivity index (χ4n) is 0.751. The number of hydrogen-bond acceptors (Lipinski definition) is 1. The average molecular weight is 124 g/mol. The number of allylic oxidation sites excluding steroid dienone is 2. The van der Waals surface area contributed by atoms with Crippen molar-refractivity contribution in [3.8, 4) is 12.3 Å². The summed E-state index contributed by atoms with van der Waals surface area (Å²) in [6.45, 7) is 0. The molecule has 0 saturated heterocycles. The van der Waals surface area contributed by atoms with Gasteiger partial charge < -0.3 is 0 Å². The van der Waals surface area contributed by atoms with Crippen molar-refractivity contribution in [3.05, 3.63) is 11.9 Å². The SMILES string of the molecule is C#CC1CC(=O)C=C1F. The Labute approximate surface area is 52.6 Å². The first kappa shape index (κ1) is 6.03. The quantitative estimate of drug-likeness (QED) is 0.441. The molecule has 0 fully saturated rings. The molecule has 0 bridgehead atoms. The topological polar surface area (TPSA) is 17.1 Å². The van der Waals surface area contributed by atoms with Crippen LogP contribution in [-0.4, -0.2) is 5.78 Å². The van der Waals surface area contributed by atoms with Crippen LogP contribution < -0.4 is 0 Å². The van der Waals surface area contributed by atoms with Crippen molar-refractivity contribution in [3.63, 3.8) is 0 Å². The van der Waals surface area contributed by atoms with E-state index in [1.54, 1.807) is 0 Å². The smallest absolute Gasteiger partial charge is 0.159 e. The lowest BCUT2D eigenvalue weighted by Gasteiger charge is -1.93. The van der Waals surface area contributed by atoms with Crippen LogP contribution in [0.4, 0.5) is 4.39 Å². The van der Waals surface area contributed by atoms with E-state index in [9.17, 15) is 9.18 Å². The van der Waals surface area contributed by atoms with Gasteiger partial charge in [-0.25, -0.2) is 4.39 Å². The minimum absolute atomic E-state index is 0.141. The molecule has 0 amide bonds. The van der Waals surface area contributed by atoms with Gasteiger partial charge in [0.1, 0.15) is 5.83 Å². The van der Waals surface area contributed by atoms with Crippen LogP contribution in [0.5, 0.6) is 0 Å². The fourth-order valence-corrected chi connectivity index (χ4v) is 0.751. The second-order valence-electron chi connectivity index (χ2n) is 1.92. The summed E-state index contributed by atoms with van der Waals surface area (Å²) >= 11 is 0. The zero-order valence-electron chi connectivity index (χ0n) is 4.73. The van der Waals surface area contributed by atoms with Gasteiger partial charge in [-0.2, -0.15) is 0 Å². The Morgan fingerprint density at radius 1 is 1.89 bits per heavy atom. The third kappa shape index (κ3) is 0.996. The van der Waals surface area contributed by atoms with E-state index in [2.05, 4.69) is 5.92 Å². The van der Waals surface area contributed by atoms with E-state index in [4.69, 9.17) is 6.42 Å². The number of rotatable bonds is 0. The summed E-state index contributed by atoms with van der Waals surface area (Å²) in [6.07, 6.45) is 6.01. The number of terminal acetylenes is 1. The highest BCUT2D eigenvalue weighted by atomic mass is 19.1. The van der Waals surface area contributed by atoms with Crippen LogP contribution in [0.15, 0.2) is 11.9 Å². The highest BCUT2D eigenvalue weighted by molar-refractivity contribution is 5.93. The average Bonchev–Trinajstić information content (AvgIpc) is 2.10. The summed E-state index contributed by atoms with van der Waals surface area (Å²) in [4.78, 5) is 10.4. The van der Waals surface area contributed by atoms with Crippen LogP contribution in [0, 0.1) is 18.3 Å². The second-order valence-corrected chi connectivity index (χ2v) is 1.92. The van der Waals surface area contributed by atoms with Gasteiger partial charge in [-0.3, -0.25) is 4.79 Å². The zero-order valence-corrected chi connectivity index (χ0v) is 4.73. The molecule has 0 N–H and O–H groups in total. The molecule has 0 aliphatic heterocycles. The Hall–Kier alpha value is -1.10. The molecule has 0 spiro atoms. The molecule has 1 nitrogen and oxygen atoms in total. The maximum atomic E-state index is 12.3. The molecule has 1 atom stereocenters. The predicted octanol–water partition coefficient (Wildman–Crippen LogP) is 1.06. The predicted molar refractivity (Wildman–Crippen MR) is 31.1 cm³/mol. The van der Waals surface area contributed by atoms with E-state index >= 15 is 0 Å². The van der Waals surface area contributed by atoms with Crippen molar-refractivity contribution in [2.45, 2.75) is 6.42 Å². The lowest BCUT2D eigenvalue weighted by atomic mass is 10.1. The van der Waals surface area contributed by atoms with Crippen molar-refractivity contribution in [2.75, 3.05) is 0 Å². The minimum atomic E-state index is -0.586. The molecule has 0 radical (unpaired) electrons. The molecule has 1 unspecified atom stereocenters. The Balaban J connectivity index is 2.79. The molecular weight excluding hydrogens is 119 g/mol. The van der Waals surface area contributed by atoms with Gasteiger partial charge in [0, 0.05) is 12.5 Å². The van der Waals surface area contributed by atoms with Crippen molar-refractivity contribution >= 4 is 5.78 Å². The summed E-state index contributed by atoms with van der Waals surface area (Å²) in [6, 6.07) is 0. The Morgan fingerprint density at radius 2 is 2.56 bits per heavy atom. The van der Waals surface area contributed by atoms with E-state index in [1.807, 2.05) is 0 Å². The number of halogens is 1. The van der Waals surface area contributed by atoms with E-state index in [0.717, 1.165) is 6.08 Å². The molecule has 1 aliphatic carbocycles. The first-order valence-corrected chi connectivity index (χ1v) is 2.60. The Morgan fingerprint density at radius 3 is 2.78 bits per heavy atom. The van der Waals surface area contributed by atoms with E-state index in [0.29, 0.717) is 0 Å². The number of carbonyl (C=O) groups excluding carboxylic acids is 1. The van der Waals surface area contributed by atoms with Gasteiger partial charge in [0.15, 0.2) is 5.78 Å². The van der Waals surface area contributed by atoms with Gasteiger partial charge in [-0.1, -0.05) is 5.92 Å². The minimum Gasteiger partial charge on any atom is -0.295 e. The van der Waals surface area contributed by atoms with Crippen LogP contribution in [-0.2, 0) is 4.79 Å². The first-order chi connectivity index (χ1) is 4.24. The fraction of sp³-hybridized carbons (Fsp3) is 0.286. The lowest BCUT2D eigenvalue weighted by molar-refractivity contribution is -0.114. The Kier molecular flexibility index (Phi) is 1.35. The van der Waals surface area contributed by atoms with Crippen molar-refractivity contribution < 1.29 is 9.18 Å². The summed E-state index contributed by atoms with van der Waals surface area (Å²) in [5.41, 5.74) is 0. The molecule has 0 aromatic heterocycles. The van der Waals surface area contributed by atoms with Gasteiger partial charge in [-0.05, 0) is 0 Å². The maximum absolute atomic E-state index is 12.3. The molecule has 1 rings (SSSR count). The van der Waals surface area contributed by atoms with Crippen LogP contribution in [0.2, 0.25) is 0 Å². The number of hydrogen-bond donors (Lipinski definition) is 0. The number of ketones is 1. The van der Waals surface area contributed by atoms with Crippen molar-refractivity contribution in [2.24, 2.45) is 5.92 Å². The van der Waals surface area contributed by atoms with Crippen molar-refractivity contribution in [1.29, 1.82) is 0 Å². The van der Waals surface area contributed by atoms with Crippen LogP contribution >= 0.6 is 0 Å². The third-order valence-electron chi connectivity index (χ3n) is 1.24. The monoisotopic (exact) mass is 124 g/mol. The standard InChI is InChI=1S/C7H5FO/c1-2-5-3-6(9)4-7(5)8/h1,4-5H,3H2. The van der Waals surface area contributed by atoms with Crippen molar-refractivity contribution in [1.82, 2.24) is 0 Å². The zero-order chi connectivity index (χ0) is 6.85. The summed E-state index contributed by atoms with van der Waals surface area (Å²) in [5, 5.41) is 0. The molecule has 0 saturated carbocycles. The van der Waals surface area contributed by atoms with Gasteiger partial charge in [-0.15, -0.1) is 6.42 Å².